The number of rotatable bonds is 4. The van der Waals surface area contributed by atoms with Gasteiger partial charge in [-0.25, -0.2) is 13.4 Å². The Balaban J connectivity index is 2.56. The summed E-state index contributed by atoms with van der Waals surface area (Å²) in [6.45, 7) is 3.13. The number of benzene rings is 1. The number of nitrogens with one attached hydrogen (secondary N) is 1. The van der Waals surface area contributed by atoms with Crippen LogP contribution in [0.3, 0.4) is 0 Å². The minimum Gasteiger partial charge on any atom is -0.325 e. The number of carbonyl (C=O) groups is 1. The van der Waals surface area contributed by atoms with Gasteiger partial charge in [0.25, 0.3) is 10.0 Å². The van der Waals surface area contributed by atoms with Gasteiger partial charge in [0.2, 0.25) is 5.91 Å². The first-order chi connectivity index (χ1) is 10.7. The lowest BCUT2D eigenvalue weighted by Gasteiger charge is -2.22. The zero-order valence-corrected chi connectivity index (χ0v) is 14.4. The van der Waals surface area contributed by atoms with Gasteiger partial charge in [-0.05, 0) is 36.8 Å². The zero-order valence-electron chi connectivity index (χ0n) is 12.9. The summed E-state index contributed by atoms with van der Waals surface area (Å²) in [5.74, 6) is -0.353. The first-order valence-corrected chi connectivity index (χ1v) is 8.53. The van der Waals surface area contributed by atoms with Crippen LogP contribution >= 0.6 is 11.6 Å². The second kappa shape index (κ2) is 6.55. The molecule has 0 atom stereocenters. The van der Waals surface area contributed by atoms with Crippen molar-refractivity contribution in [1.82, 2.24) is 4.98 Å². The van der Waals surface area contributed by atoms with E-state index in [-0.39, 0.29) is 27.3 Å². The maximum Gasteiger partial charge on any atom is 0.266 e. The highest BCUT2D eigenvalue weighted by Gasteiger charge is 2.26. The number of sulfonamides is 1. The van der Waals surface area contributed by atoms with Crippen molar-refractivity contribution in [2.24, 2.45) is 0 Å². The molecule has 0 bridgehead atoms. The molecule has 1 heterocycles. The Morgan fingerprint density at radius 1 is 1.30 bits per heavy atom. The Kier molecular flexibility index (Phi) is 4.91. The van der Waals surface area contributed by atoms with Gasteiger partial charge >= 0.3 is 0 Å². The van der Waals surface area contributed by atoms with Crippen molar-refractivity contribution in [3.8, 4) is 0 Å². The molecule has 122 valence electrons. The predicted octanol–water partition coefficient (Wildman–Crippen LogP) is 2.83. The normalized spacial score (nSPS) is 11.1. The lowest BCUT2D eigenvalue weighted by molar-refractivity contribution is -0.114. The van der Waals surface area contributed by atoms with Gasteiger partial charge in [-0.3, -0.25) is 9.10 Å². The zero-order chi connectivity index (χ0) is 17.2. The summed E-state index contributed by atoms with van der Waals surface area (Å²) in [6, 6.07) is 7.87. The van der Waals surface area contributed by atoms with Crippen LogP contribution < -0.4 is 9.62 Å². The molecule has 6 nitrogen and oxygen atoms in total. The van der Waals surface area contributed by atoms with Gasteiger partial charge in [0.15, 0.2) is 5.15 Å². The first kappa shape index (κ1) is 17.2. The summed E-state index contributed by atoms with van der Waals surface area (Å²) in [7, 11) is -2.53. The Morgan fingerprint density at radius 2 is 2.00 bits per heavy atom. The molecule has 1 aromatic carbocycles. The maximum absolute atomic E-state index is 12.9. The average Bonchev–Trinajstić information content (AvgIpc) is 2.46. The molecule has 8 heteroatoms. The number of pyridine rings is 1. The van der Waals surface area contributed by atoms with E-state index in [9.17, 15) is 13.2 Å². The number of aromatic nitrogens is 1. The van der Waals surface area contributed by atoms with Crippen LogP contribution in [0.1, 0.15) is 12.5 Å². The Hall–Kier alpha value is -2.12. The third-order valence-electron chi connectivity index (χ3n) is 3.16. The van der Waals surface area contributed by atoms with Crippen LogP contribution in [0, 0.1) is 6.92 Å². The monoisotopic (exact) mass is 353 g/mol. The molecule has 2 aromatic rings. The predicted molar refractivity (Wildman–Crippen MR) is 90.3 cm³/mol. The lowest BCUT2D eigenvalue weighted by atomic mass is 10.2. The summed E-state index contributed by atoms with van der Waals surface area (Å²) in [6.07, 6.45) is 1.47. The van der Waals surface area contributed by atoms with Crippen molar-refractivity contribution in [2.75, 3.05) is 16.7 Å². The van der Waals surface area contributed by atoms with Crippen molar-refractivity contribution < 1.29 is 13.2 Å². The fraction of sp³-hybridized carbons (Fsp3) is 0.200. The minimum absolute atomic E-state index is 0.0132. The van der Waals surface area contributed by atoms with E-state index in [4.69, 9.17) is 11.6 Å². The van der Waals surface area contributed by atoms with Crippen molar-refractivity contribution in [2.45, 2.75) is 18.7 Å². The maximum atomic E-state index is 12.9. The molecule has 0 spiro atoms. The highest BCUT2D eigenvalue weighted by molar-refractivity contribution is 7.93. The SMILES string of the molecule is CC(=O)Nc1cc(C)ccc1S(=O)(=O)N(C)c1cccnc1Cl. The van der Waals surface area contributed by atoms with Gasteiger partial charge in [0, 0.05) is 20.2 Å². The number of nitrogens with zero attached hydrogens (tertiary/aromatic N) is 2. The molecule has 0 saturated heterocycles. The van der Waals surface area contributed by atoms with Crippen molar-refractivity contribution in [3.63, 3.8) is 0 Å². The fourth-order valence-electron chi connectivity index (χ4n) is 2.05. The minimum atomic E-state index is -3.91. The van der Waals surface area contributed by atoms with Crippen molar-refractivity contribution in [3.05, 3.63) is 47.2 Å². The second-order valence-corrected chi connectivity index (χ2v) is 7.26. The van der Waals surface area contributed by atoms with Crippen LogP contribution in [0.4, 0.5) is 11.4 Å². The Labute approximate surface area is 140 Å². The van der Waals surface area contributed by atoms with Crippen LogP contribution in [-0.2, 0) is 14.8 Å². The van der Waals surface area contributed by atoms with Gasteiger partial charge in [0.1, 0.15) is 4.90 Å². The van der Waals surface area contributed by atoms with E-state index in [1.165, 1.54) is 26.2 Å². The number of carbonyl (C=O) groups excluding carboxylic acids is 1. The summed E-state index contributed by atoms with van der Waals surface area (Å²) in [5, 5.41) is 2.62. The van der Waals surface area contributed by atoms with E-state index in [2.05, 4.69) is 10.3 Å². The van der Waals surface area contributed by atoms with Gasteiger partial charge in [0.05, 0.1) is 11.4 Å². The first-order valence-electron chi connectivity index (χ1n) is 6.71. The van der Waals surface area contributed by atoms with Gasteiger partial charge in [-0.1, -0.05) is 17.7 Å². The van der Waals surface area contributed by atoms with Gasteiger partial charge in [-0.2, -0.15) is 0 Å². The second-order valence-electron chi connectivity index (χ2n) is 4.97. The molecule has 0 fully saturated rings. The van der Waals surface area contributed by atoms with E-state index in [0.717, 1.165) is 9.87 Å². The van der Waals surface area contributed by atoms with Crippen molar-refractivity contribution >= 4 is 38.9 Å². The summed E-state index contributed by atoms with van der Waals surface area (Å²) in [4.78, 5) is 15.2. The number of amides is 1. The van der Waals surface area contributed by atoms with E-state index in [1.54, 1.807) is 24.3 Å². The smallest absolute Gasteiger partial charge is 0.266 e. The van der Waals surface area contributed by atoms with E-state index < -0.39 is 10.0 Å². The van der Waals surface area contributed by atoms with Crippen LogP contribution in [0.15, 0.2) is 41.4 Å². The van der Waals surface area contributed by atoms with E-state index >= 15 is 0 Å². The Bertz CT molecular complexity index is 853. The highest BCUT2D eigenvalue weighted by atomic mass is 35.5. The number of halogens is 1. The van der Waals surface area contributed by atoms with Crippen LogP contribution in [0.2, 0.25) is 5.15 Å². The quantitative estimate of drug-likeness (QED) is 0.857. The third-order valence-corrected chi connectivity index (χ3v) is 5.28. The molecular weight excluding hydrogens is 338 g/mol. The average molecular weight is 354 g/mol. The molecule has 0 aliphatic carbocycles. The Morgan fingerprint density at radius 3 is 2.61 bits per heavy atom. The number of hydrogen-bond acceptors (Lipinski definition) is 4. The van der Waals surface area contributed by atoms with Crippen molar-refractivity contribution in [1.29, 1.82) is 0 Å². The largest absolute Gasteiger partial charge is 0.325 e. The number of aryl methyl sites for hydroxylation is 1. The molecule has 0 aliphatic heterocycles. The topological polar surface area (TPSA) is 79.4 Å². The standard InChI is InChI=1S/C15H16ClN3O3S/c1-10-6-7-14(12(9-10)18-11(2)20)23(21,22)19(3)13-5-4-8-17-15(13)16/h4-9H,1-3H3,(H,18,20). The summed E-state index contributed by atoms with van der Waals surface area (Å²) < 4.78 is 26.8. The summed E-state index contributed by atoms with van der Waals surface area (Å²) >= 11 is 5.97. The summed E-state index contributed by atoms with van der Waals surface area (Å²) in [5.41, 5.74) is 1.31. The molecule has 1 N–H and O–H groups in total. The molecule has 1 aromatic heterocycles. The third kappa shape index (κ3) is 3.62. The van der Waals surface area contributed by atoms with Crippen LogP contribution in [0.5, 0.6) is 0 Å². The highest BCUT2D eigenvalue weighted by Crippen LogP contribution is 2.31. The molecule has 2 rings (SSSR count). The molecule has 0 aliphatic rings. The van der Waals surface area contributed by atoms with Gasteiger partial charge in [-0.15, -0.1) is 0 Å². The molecule has 0 radical (unpaired) electrons. The molecular formula is C15H16ClN3O3S. The van der Waals surface area contributed by atoms with Crippen LogP contribution in [0.25, 0.3) is 0 Å². The molecule has 1 amide bonds. The molecule has 0 unspecified atom stereocenters. The van der Waals surface area contributed by atoms with E-state index in [1.807, 2.05) is 6.92 Å². The number of hydrogen-bond donors (Lipinski definition) is 1. The number of anilines is 2. The fourth-order valence-corrected chi connectivity index (χ4v) is 3.67. The van der Waals surface area contributed by atoms with Gasteiger partial charge < -0.3 is 5.32 Å². The van der Waals surface area contributed by atoms with Crippen LogP contribution in [-0.4, -0.2) is 26.4 Å². The van der Waals surface area contributed by atoms with E-state index in [0.29, 0.717) is 0 Å². The lowest BCUT2D eigenvalue weighted by Crippen LogP contribution is -2.28. The molecule has 23 heavy (non-hydrogen) atoms. The molecule has 0 saturated carbocycles.